The molecule has 2 amide bonds. The summed E-state index contributed by atoms with van der Waals surface area (Å²) in [6, 6.07) is 7.01. The fourth-order valence-electron chi connectivity index (χ4n) is 5.04. The summed E-state index contributed by atoms with van der Waals surface area (Å²) in [7, 11) is 0. The van der Waals surface area contributed by atoms with Crippen molar-refractivity contribution in [3.63, 3.8) is 0 Å². The highest BCUT2D eigenvalue weighted by molar-refractivity contribution is 6.31. The van der Waals surface area contributed by atoms with Crippen molar-refractivity contribution in [2.75, 3.05) is 0 Å². The molecule has 1 fully saturated rings. The Bertz CT molecular complexity index is 1340. The smallest absolute Gasteiger partial charge is 0.264 e. The van der Waals surface area contributed by atoms with E-state index in [2.05, 4.69) is 4.98 Å². The summed E-state index contributed by atoms with van der Waals surface area (Å²) in [4.78, 5) is 45.3. The van der Waals surface area contributed by atoms with Crippen LogP contribution in [0.4, 0.5) is 0 Å². The normalized spacial score (nSPS) is 18.1. The van der Waals surface area contributed by atoms with Crippen molar-refractivity contribution in [3.05, 3.63) is 58.1 Å². The van der Waals surface area contributed by atoms with E-state index in [1.54, 1.807) is 30.6 Å². The van der Waals surface area contributed by atoms with Crippen molar-refractivity contribution in [2.45, 2.75) is 38.1 Å². The van der Waals surface area contributed by atoms with Crippen LogP contribution in [0.25, 0.3) is 27.2 Å². The van der Waals surface area contributed by atoms with Crippen LogP contribution >= 0.6 is 0 Å². The van der Waals surface area contributed by atoms with Crippen LogP contribution in [-0.4, -0.2) is 32.1 Å². The molecule has 1 aliphatic carbocycles. The maximum atomic E-state index is 13.3. The van der Waals surface area contributed by atoms with Crippen LogP contribution in [0.2, 0.25) is 0 Å². The number of aromatic nitrogens is 2. The lowest BCUT2D eigenvalue weighted by atomic mass is 9.87. The highest BCUT2D eigenvalue weighted by Crippen LogP contribution is 2.38. The van der Waals surface area contributed by atoms with E-state index in [9.17, 15) is 14.4 Å². The molecule has 6 heteroatoms. The second kappa shape index (κ2) is 5.38. The number of hydrogen-bond donors (Lipinski definition) is 0. The molecule has 0 spiro atoms. The van der Waals surface area contributed by atoms with Crippen LogP contribution in [-0.2, 0) is 0 Å². The largest absolute Gasteiger partial charge is 0.271 e. The predicted octanol–water partition coefficient (Wildman–Crippen LogP) is 3.37. The second-order valence-electron chi connectivity index (χ2n) is 7.77. The molecule has 0 atom stereocenters. The summed E-state index contributed by atoms with van der Waals surface area (Å²) in [5.74, 6) is -0.482. The van der Waals surface area contributed by atoms with E-state index in [0.29, 0.717) is 32.9 Å². The molecule has 6 nitrogen and oxygen atoms in total. The minimum atomic E-state index is -0.241. The van der Waals surface area contributed by atoms with Gasteiger partial charge in [0, 0.05) is 51.1 Å². The number of carbonyl (C=O) groups is 2. The molecule has 0 N–H and O–H groups in total. The van der Waals surface area contributed by atoms with Crippen molar-refractivity contribution >= 4 is 39.0 Å². The van der Waals surface area contributed by atoms with E-state index in [-0.39, 0.29) is 23.4 Å². The number of rotatable bonds is 1. The fraction of sp³-hybridized carbons (Fsp3) is 0.273. The van der Waals surface area contributed by atoms with Crippen LogP contribution in [0.1, 0.15) is 52.8 Å². The van der Waals surface area contributed by atoms with Gasteiger partial charge in [-0.05, 0) is 37.1 Å². The van der Waals surface area contributed by atoms with E-state index in [1.807, 2.05) is 6.07 Å². The number of amides is 2. The molecule has 138 valence electrons. The van der Waals surface area contributed by atoms with Gasteiger partial charge in [-0.2, -0.15) is 0 Å². The van der Waals surface area contributed by atoms with E-state index in [0.717, 1.165) is 37.5 Å². The Morgan fingerprint density at radius 1 is 0.821 bits per heavy atom. The van der Waals surface area contributed by atoms with Gasteiger partial charge in [0.05, 0.1) is 0 Å². The number of fused-ring (bicyclic) bond motifs is 2. The molecule has 6 rings (SSSR count). The van der Waals surface area contributed by atoms with Gasteiger partial charge < -0.3 is 0 Å². The molecule has 0 unspecified atom stereocenters. The maximum Gasteiger partial charge on any atom is 0.264 e. The first-order valence-corrected chi connectivity index (χ1v) is 9.73. The van der Waals surface area contributed by atoms with Crippen molar-refractivity contribution in [3.8, 4) is 0 Å². The van der Waals surface area contributed by atoms with Crippen LogP contribution in [0.15, 0.2) is 41.5 Å². The molecule has 0 radical (unpaired) electrons. The number of pyridine rings is 1. The third-order valence-corrected chi connectivity index (χ3v) is 6.33. The maximum absolute atomic E-state index is 13.3. The Hall–Kier alpha value is -3.28. The highest BCUT2D eigenvalue weighted by atomic mass is 16.2. The van der Waals surface area contributed by atoms with Crippen LogP contribution in [0.5, 0.6) is 0 Å². The molecule has 0 bridgehead atoms. The lowest BCUT2D eigenvalue weighted by molar-refractivity contribution is 0.0503. The zero-order valence-electron chi connectivity index (χ0n) is 15.1. The lowest BCUT2D eigenvalue weighted by Crippen LogP contribution is -2.47. The van der Waals surface area contributed by atoms with Gasteiger partial charge in [0.1, 0.15) is 5.65 Å². The summed E-state index contributed by atoms with van der Waals surface area (Å²) in [5, 5.41) is 2.56. The van der Waals surface area contributed by atoms with Gasteiger partial charge in [-0.1, -0.05) is 19.3 Å². The standard InChI is InChI=1S/C22H17N3O3/c26-20-14-8-9-16-18-15(7-6-13(17(14)18)19-23-10-11-24(19)20)21(27)25(22(16)28)12-4-2-1-3-5-12/h6-12H,1-5H2. The van der Waals surface area contributed by atoms with Gasteiger partial charge in [-0.3, -0.25) is 23.7 Å². The summed E-state index contributed by atoms with van der Waals surface area (Å²) >= 11 is 0. The number of imide groups is 1. The number of imidazole rings is 1. The number of nitrogens with zero attached hydrogens (tertiary/aromatic N) is 3. The number of carbonyl (C=O) groups excluding carboxylic acids is 2. The molecule has 3 heterocycles. The van der Waals surface area contributed by atoms with Crippen molar-refractivity contribution in [1.29, 1.82) is 0 Å². The van der Waals surface area contributed by atoms with Gasteiger partial charge in [0.25, 0.3) is 17.4 Å². The Labute approximate surface area is 159 Å². The number of hydrogen-bond acceptors (Lipinski definition) is 4. The van der Waals surface area contributed by atoms with E-state index in [1.165, 1.54) is 9.30 Å². The third kappa shape index (κ3) is 1.82. The summed E-state index contributed by atoms with van der Waals surface area (Å²) < 4.78 is 1.51. The monoisotopic (exact) mass is 371 g/mol. The van der Waals surface area contributed by atoms with Gasteiger partial charge in [0.15, 0.2) is 0 Å². The average molecular weight is 371 g/mol. The van der Waals surface area contributed by atoms with Gasteiger partial charge in [-0.15, -0.1) is 0 Å². The van der Waals surface area contributed by atoms with E-state index < -0.39 is 0 Å². The highest BCUT2D eigenvalue weighted by Gasteiger charge is 2.38. The summed E-state index contributed by atoms with van der Waals surface area (Å²) in [6.45, 7) is 0. The molecule has 4 aromatic rings. The minimum Gasteiger partial charge on any atom is -0.271 e. The third-order valence-electron chi connectivity index (χ3n) is 6.33. The second-order valence-corrected chi connectivity index (χ2v) is 7.77. The Morgan fingerprint density at radius 3 is 2.21 bits per heavy atom. The fourth-order valence-corrected chi connectivity index (χ4v) is 5.04. The van der Waals surface area contributed by atoms with Crippen molar-refractivity contribution < 1.29 is 9.59 Å². The summed E-state index contributed by atoms with van der Waals surface area (Å²) in [6.07, 6.45) is 8.19. The SMILES string of the molecule is O=C1c2ccc3c(=O)n4ccnc4c4ccc(c2c34)C(=O)N1C1CCCCC1. The van der Waals surface area contributed by atoms with Gasteiger partial charge in [-0.25, -0.2) is 4.98 Å². The zero-order chi connectivity index (χ0) is 19.0. The molecule has 2 aliphatic rings. The van der Waals surface area contributed by atoms with E-state index in [4.69, 9.17) is 0 Å². The molecule has 2 aromatic heterocycles. The Morgan fingerprint density at radius 2 is 1.50 bits per heavy atom. The predicted molar refractivity (Wildman–Crippen MR) is 105 cm³/mol. The zero-order valence-corrected chi connectivity index (χ0v) is 15.1. The van der Waals surface area contributed by atoms with E-state index >= 15 is 0 Å². The van der Waals surface area contributed by atoms with Crippen LogP contribution in [0, 0.1) is 0 Å². The molecule has 28 heavy (non-hydrogen) atoms. The first kappa shape index (κ1) is 15.7. The Kier molecular flexibility index (Phi) is 3.02. The molecule has 2 aromatic carbocycles. The van der Waals surface area contributed by atoms with Gasteiger partial charge >= 0.3 is 0 Å². The topological polar surface area (TPSA) is 71.7 Å². The molecule has 1 saturated carbocycles. The van der Waals surface area contributed by atoms with Crippen molar-refractivity contribution in [2.24, 2.45) is 0 Å². The van der Waals surface area contributed by atoms with Crippen LogP contribution < -0.4 is 5.56 Å². The first-order chi connectivity index (χ1) is 13.7. The minimum absolute atomic E-state index is 0.0373. The van der Waals surface area contributed by atoms with Gasteiger partial charge in [0.2, 0.25) is 0 Å². The molecular weight excluding hydrogens is 354 g/mol. The molecule has 1 aliphatic heterocycles. The lowest BCUT2D eigenvalue weighted by Gasteiger charge is -2.36. The number of benzene rings is 2. The van der Waals surface area contributed by atoms with Crippen molar-refractivity contribution in [1.82, 2.24) is 14.3 Å². The molecular formula is C22H17N3O3. The quantitative estimate of drug-likeness (QED) is 0.481. The summed E-state index contributed by atoms with van der Waals surface area (Å²) in [5.41, 5.74) is 1.39. The average Bonchev–Trinajstić information content (AvgIpc) is 3.22. The Balaban J connectivity index is 1.70. The molecule has 0 saturated heterocycles. The first-order valence-electron chi connectivity index (χ1n) is 9.73. The van der Waals surface area contributed by atoms with Crippen LogP contribution in [0.3, 0.4) is 0 Å².